The molecule has 0 spiro atoms. The summed E-state index contributed by atoms with van der Waals surface area (Å²) in [4.78, 5) is 18.9. The zero-order valence-corrected chi connectivity index (χ0v) is 12.2. The summed E-state index contributed by atoms with van der Waals surface area (Å²) in [5.74, 6) is -0.0951. The fourth-order valence-corrected chi connectivity index (χ4v) is 3.04. The minimum atomic E-state index is -0.0951. The summed E-state index contributed by atoms with van der Waals surface area (Å²) in [6.07, 6.45) is 1.72. The standard InChI is InChI=1S/C17H14N2OS/c1-2-12-19(13-8-4-3-5-9-13)17(20)16-18-14-10-6-7-11-15(14)21-16/h2-11H,1,12H2. The van der Waals surface area contributed by atoms with Gasteiger partial charge in [0.15, 0.2) is 5.01 Å². The van der Waals surface area contributed by atoms with Crippen molar-refractivity contribution >= 4 is 33.1 Å². The molecular weight excluding hydrogens is 280 g/mol. The van der Waals surface area contributed by atoms with Gasteiger partial charge in [-0.1, -0.05) is 36.4 Å². The number of amides is 1. The lowest BCUT2D eigenvalue weighted by Crippen LogP contribution is -2.30. The molecule has 2 aromatic carbocycles. The van der Waals surface area contributed by atoms with Crippen LogP contribution in [0.3, 0.4) is 0 Å². The summed E-state index contributed by atoms with van der Waals surface area (Å²) in [6.45, 7) is 4.19. The van der Waals surface area contributed by atoms with Gasteiger partial charge in [-0.05, 0) is 24.3 Å². The molecule has 0 bridgehead atoms. The van der Waals surface area contributed by atoms with Gasteiger partial charge in [0, 0.05) is 12.2 Å². The third-order valence-corrected chi connectivity index (χ3v) is 4.13. The predicted molar refractivity (Wildman–Crippen MR) is 87.9 cm³/mol. The summed E-state index contributed by atoms with van der Waals surface area (Å²) in [5.41, 5.74) is 1.71. The second kappa shape index (κ2) is 5.89. The summed E-state index contributed by atoms with van der Waals surface area (Å²) < 4.78 is 1.02. The Kier molecular flexibility index (Phi) is 3.79. The van der Waals surface area contributed by atoms with Gasteiger partial charge in [-0.2, -0.15) is 0 Å². The fourth-order valence-electron chi connectivity index (χ4n) is 2.12. The number of carbonyl (C=O) groups excluding carboxylic acids is 1. The molecule has 0 aliphatic rings. The summed E-state index contributed by atoms with van der Waals surface area (Å²) in [5, 5.41) is 0.502. The molecule has 0 radical (unpaired) electrons. The molecule has 4 heteroatoms. The van der Waals surface area contributed by atoms with E-state index in [9.17, 15) is 4.79 Å². The van der Waals surface area contributed by atoms with Crippen LogP contribution in [0.2, 0.25) is 0 Å². The largest absolute Gasteiger partial charge is 0.303 e. The minimum absolute atomic E-state index is 0.0951. The van der Waals surface area contributed by atoms with Crippen molar-refractivity contribution in [3.8, 4) is 0 Å². The van der Waals surface area contributed by atoms with Crippen molar-refractivity contribution in [2.75, 3.05) is 11.4 Å². The van der Waals surface area contributed by atoms with Gasteiger partial charge < -0.3 is 4.90 Å². The molecule has 0 atom stereocenters. The van der Waals surface area contributed by atoms with E-state index in [2.05, 4.69) is 11.6 Å². The molecular formula is C17H14N2OS. The van der Waals surface area contributed by atoms with Crippen LogP contribution < -0.4 is 4.90 Å². The molecule has 0 saturated heterocycles. The highest BCUT2D eigenvalue weighted by Gasteiger charge is 2.20. The van der Waals surface area contributed by atoms with Gasteiger partial charge in [-0.25, -0.2) is 4.98 Å². The molecule has 1 amide bonds. The number of nitrogens with zero attached hydrogens (tertiary/aromatic N) is 2. The van der Waals surface area contributed by atoms with Crippen LogP contribution >= 0.6 is 11.3 Å². The van der Waals surface area contributed by atoms with Crippen LogP contribution in [0, 0.1) is 0 Å². The highest BCUT2D eigenvalue weighted by atomic mass is 32.1. The molecule has 3 rings (SSSR count). The normalized spacial score (nSPS) is 10.5. The Labute approximate surface area is 127 Å². The number of fused-ring (bicyclic) bond motifs is 1. The lowest BCUT2D eigenvalue weighted by Gasteiger charge is -2.19. The molecule has 1 heterocycles. The molecule has 0 aliphatic carbocycles. The number of carbonyl (C=O) groups is 1. The smallest absolute Gasteiger partial charge is 0.287 e. The molecule has 21 heavy (non-hydrogen) atoms. The van der Waals surface area contributed by atoms with Gasteiger partial charge in [0.1, 0.15) is 0 Å². The highest BCUT2D eigenvalue weighted by molar-refractivity contribution is 7.20. The van der Waals surface area contributed by atoms with E-state index < -0.39 is 0 Å². The number of benzene rings is 2. The summed E-state index contributed by atoms with van der Waals surface area (Å²) in [7, 11) is 0. The first-order valence-corrected chi connectivity index (χ1v) is 7.44. The zero-order chi connectivity index (χ0) is 14.7. The Hall–Kier alpha value is -2.46. The van der Waals surface area contributed by atoms with Gasteiger partial charge in [-0.3, -0.25) is 4.79 Å². The molecule has 0 unspecified atom stereocenters. The molecule has 3 nitrogen and oxygen atoms in total. The van der Waals surface area contributed by atoms with Crippen LogP contribution in [-0.2, 0) is 0 Å². The van der Waals surface area contributed by atoms with E-state index in [-0.39, 0.29) is 5.91 Å². The molecule has 0 aliphatic heterocycles. The first kappa shape index (κ1) is 13.5. The monoisotopic (exact) mass is 294 g/mol. The van der Waals surface area contributed by atoms with Crippen molar-refractivity contribution in [2.45, 2.75) is 0 Å². The quantitative estimate of drug-likeness (QED) is 0.678. The van der Waals surface area contributed by atoms with Crippen molar-refractivity contribution in [3.05, 3.63) is 72.3 Å². The van der Waals surface area contributed by atoms with Gasteiger partial charge in [0.25, 0.3) is 5.91 Å². The third-order valence-electron chi connectivity index (χ3n) is 3.10. The van der Waals surface area contributed by atoms with Crippen LogP contribution in [-0.4, -0.2) is 17.4 Å². The van der Waals surface area contributed by atoms with Crippen molar-refractivity contribution in [1.82, 2.24) is 4.98 Å². The number of anilines is 1. The lowest BCUT2D eigenvalue weighted by molar-refractivity contribution is 0.0989. The Morgan fingerprint density at radius 3 is 2.57 bits per heavy atom. The maximum absolute atomic E-state index is 12.7. The van der Waals surface area contributed by atoms with E-state index in [4.69, 9.17) is 0 Å². The molecule has 0 N–H and O–H groups in total. The second-order valence-electron chi connectivity index (χ2n) is 4.53. The highest BCUT2D eigenvalue weighted by Crippen LogP contribution is 2.24. The Morgan fingerprint density at radius 1 is 1.14 bits per heavy atom. The van der Waals surface area contributed by atoms with Gasteiger partial charge >= 0.3 is 0 Å². The third kappa shape index (κ3) is 2.71. The number of aromatic nitrogens is 1. The Morgan fingerprint density at radius 2 is 1.86 bits per heavy atom. The number of rotatable bonds is 4. The molecule has 3 aromatic rings. The molecule has 1 aromatic heterocycles. The summed E-state index contributed by atoms with van der Waals surface area (Å²) >= 11 is 1.42. The summed E-state index contributed by atoms with van der Waals surface area (Å²) in [6, 6.07) is 17.4. The number of hydrogen-bond acceptors (Lipinski definition) is 3. The van der Waals surface area contributed by atoms with Crippen LogP contribution in [0.15, 0.2) is 67.3 Å². The van der Waals surface area contributed by atoms with Crippen molar-refractivity contribution in [3.63, 3.8) is 0 Å². The van der Waals surface area contributed by atoms with Crippen molar-refractivity contribution in [2.24, 2.45) is 0 Å². The molecule has 0 fully saturated rings. The van der Waals surface area contributed by atoms with E-state index in [1.807, 2.05) is 54.6 Å². The van der Waals surface area contributed by atoms with E-state index in [1.54, 1.807) is 11.0 Å². The Balaban J connectivity index is 1.99. The topological polar surface area (TPSA) is 33.2 Å². The van der Waals surface area contributed by atoms with E-state index in [0.29, 0.717) is 11.6 Å². The first-order chi connectivity index (χ1) is 10.3. The van der Waals surface area contributed by atoms with Crippen LogP contribution in [0.25, 0.3) is 10.2 Å². The average Bonchev–Trinajstić information content (AvgIpc) is 2.97. The number of para-hydroxylation sites is 2. The van der Waals surface area contributed by atoms with Crippen LogP contribution in [0.4, 0.5) is 5.69 Å². The molecule has 0 saturated carbocycles. The average molecular weight is 294 g/mol. The van der Waals surface area contributed by atoms with Crippen LogP contribution in [0.1, 0.15) is 9.80 Å². The van der Waals surface area contributed by atoms with E-state index in [0.717, 1.165) is 15.9 Å². The maximum atomic E-state index is 12.7. The van der Waals surface area contributed by atoms with Crippen molar-refractivity contribution < 1.29 is 4.79 Å². The Bertz CT molecular complexity index is 747. The maximum Gasteiger partial charge on any atom is 0.287 e. The number of hydrogen-bond donors (Lipinski definition) is 0. The second-order valence-corrected chi connectivity index (χ2v) is 5.56. The fraction of sp³-hybridized carbons (Fsp3) is 0.0588. The number of thiazole rings is 1. The molecule has 104 valence electrons. The lowest BCUT2D eigenvalue weighted by atomic mass is 10.3. The minimum Gasteiger partial charge on any atom is -0.303 e. The van der Waals surface area contributed by atoms with Crippen molar-refractivity contribution in [1.29, 1.82) is 0 Å². The first-order valence-electron chi connectivity index (χ1n) is 6.63. The van der Waals surface area contributed by atoms with Crippen LogP contribution in [0.5, 0.6) is 0 Å². The van der Waals surface area contributed by atoms with Gasteiger partial charge in [0.2, 0.25) is 0 Å². The van der Waals surface area contributed by atoms with E-state index in [1.165, 1.54) is 11.3 Å². The van der Waals surface area contributed by atoms with E-state index >= 15 is 0 Å². The van der Waals surface area contributed by atoms with Gasteiger partial charge in [0.05, 0.1) is 10.2 Å². The van der Waals surface area contributed by atoms with Gasteiger partial charge in [-0.15, -0.1) is 17.9 Å². The predicted octanol–water partition coefficient (Wildman–Crippen LogP) is 4.13. The zero-order valence-electron chi connectivity index (χ0n) is 11.4. The SMILES string of the molecule is C=CCN(C(=O)c1nc2ccccc2s1)c1ccccc1.